The van der Waals surface area contributed by atoms with Gasteiger partial charge >= 0.3 is 5.97 Å². The summed E-state index contributed by atoms with van der Waals surface area (Å²) >= 11 is 0. The Kier molecular flexibility index (Phi) is 9.31. The Morgan fingerprint density at radius 3 is 2.02 bits per heavy atom. The number of hydrogen-bond acceptors (Lipinski definition) is 5. The number of aryl methyl sites for hydroxylation is 1. The van der Waals surface area contributed by atoms with E-state index in [1.54, 1.807) is 20.8 Å². The Labute approximate surface area is 241 Å². The molecule has 40 heavy (non-hydrogen) atoms. The number of aliphatic carboxylic acids is 1. The number of rotatable bonds is 6. The van der Waals surface area contributed by atoms with Crippen LogP contribution in [0.3, 0.4) is 0 Å². The number of carboxylic acid groups (broad SMARTS) is 1. The lowest BCUT2D eigenvalue weighted by Crippen LogP contribution is -2.43. The molecular formula is C34H51N3O3. The fourth-order valence-electron chi connectivity index (χ4n) is 6.43. The maximum Gasteiger partial charge on any atom is 0.307 e. The molecule has 0 unspecified atom stereocenters. The number of benzene rings is 1. The number of pyridine rings is 1. The molecule has 6 nitrogen and oxygen atoms in total. The molecule has 2 N–H and O–H groups in total. The molecule has 0 atom stereocenters. The number of hydrogen-bond donors (Lipinski definition) is 2. The maximum atomic E-state index is 11.9. The third-order valence-corrected chi connectivity index (χ3v) is 9.08. The molecule has 2 saturated heterocycles. The Morgan fingerprint density at radius 1 is 0.950 bits per heavy atom. The Bertz CT molecular complexity index is 1140. The van der Waals surface area contributed by atoms with E-state index >= 15 is 0 Å². The van der Waals surface area contributed by atoms with Gasteiger partial charge in [-0.3, -0.25) is 14.7 Å². The molecule has 1 aromatic carbocycles. The molecule has 1 spiro atoms. The molecule has 3 aliphatic rings. The van der Waals surface area contributed by atoms with E-state index in [1.807, 2.05) is 6.92 Å². The Morgan fingerprint density at radius 2 is 1.52 bits per heavy atom. The zero-order valence-corrected chi connectivity index (χ0v) is 25.7. The van der Waals surface area contributed by atoms with Gasteiger partial charge in [-0.05, 0) is 95.7 Å². The highest BCUT2D eigenvalue weighted by molar-refractivity contribution is 5.86. The normalized spacial score (nSPS) is 20.4. The molecule has 2 aliphatic heterocycles. The van der Waals surface area contributed by atoms with Crippen molar-refractivity contribution >= 4 is 11.7 Å². The van der Waals surface area contributed by atoms with Gasteiger partial charge in [0, 0.05) is 36.5 Å². The maximum absolute atomic E-state index is 11.9. The Balaban J connectivity index is 0.000000681. The van der Waals surface area contributed by atoms with E-state index in [2.05, 4.69) is 54.0 Å². The first kappa shape index (κ1) is 30.5. The number of likely N-dealkylation sites (tertiary alicyclic amines) is 1. The van der Waals surface area contributed by atoms with Crippen LogP contribution in [0.5, 0.6) is 0 Å². The number of carbonyl (C=O) groups is 1. The summed E-state index contributed by atoms with van der Waals surface area (Å²) in [5, 5.41) is 18.3. The van der Waals surface area contributed by atoms with Crippen LogP contribution in [-0.4, -0.2) is 57.8 Å². The summed E-state index contributed by atoms with van der Waals surface area (Å²) in [6, 6.07) is 10.5. The van der Waals surface area contributed by atoms with Crippen molar-refractivity contribution in [1.29, 1.82) is 0 Å². The van der Waals surface area contributed by atoms with Crippen LogP contribution < -0.4 is 4.90 Å². The molecule has 1 saturated carbocycles. The molecule has 2 aromatic rings. The van der Waals surface area contributed by atoms with Crippen molar-refractivity contribution in [1.82, 2.24) is 9.88 Å². The molecule has 0 radical (unpaired) electrons. The average Bonchev–Trinajstić information content (AvgIpc) is 2.84. The summed E-state index contributed by atoms with van der Waals surface area (Å²) in [6.45, 7) is 16.9. The van der Waals surface area contributed by atoms with E-state index in [0.717, 1.165) is 79.3 Å². The molecule has 5 rings (SSSR count). The number of carboxylic acids is 1. The standard InChI is InChI=1S/C30H41N3O2.C4H10O/c1-22-24(20-26(34)35)28(33-18-12-29(2,3)13-19-33)27(23-8-5-4-6-9-23)25(31-22)21-32-16-14-30(15-17-32)10-7-11-30;1-4(2,3)5/h4-6,8-9H,7,10-21H2,1-3H3,(H,34,35);5H,1-3H3. The van der Waals surface area contributed by atoms with E-state index in [1.165, 1.54) is 32.1 Å². The van der Waals surface area contributed by atoms with Crippen LogP contribution in [0.4, 0.5) is 5.69 Å². The van der Waals surface area contributed by atoms with Crippen molar-refractivity contribution < 1.29 is 15.0 Å². The van der Waals surface area contributed by atoms with Crippen LogP contribution in [0.15, 0.2) is 30.3 Å². The second-order valence-corrected chi connectivity index (χ2v) is 14.2. The SMILES string of the molecule is CC(C)(C)O.Cc1nc(CN2CCC3(CCC3)CC2)c(-c2ccccc2)c(N2CCC(C)(C)CC2)c1CC(=O)O. The van der Waals surface area contributed by atoms with Gasteiger partial charge in [-0.25, -0.2) is 0 Å². The number of anilines is 1. The van der Waals surface area contributed by atoms with Crippen molar-refractivity contribution in [3.8, 4) is 11.1 Å². The largest absolute Gasteiger partial charge is 0.481 e. The minimum atomic E-state index is -0.790. The quantitative estimate of drug-likeness (QED) is 0.410. The molecule has 220 valence electrons. The second kappa shape index (κ2) is 12.2. The zero-order chi connectivity index (χ0) is 29.1. The van der Waals surface area contributed by atoms with Gasteiger partial charge in [0.25, 0.3) is 0 Å². The smallest absolute Gasteiger partial charge is 0.307 e. The monoisotopic (exact) mass is 549 g/mol. The van der Waals surface area contributed by atoms with Gasteiger partial charge in [-0.1, -0.05) is 50.6 Å². The Hall–Kier alpha value is -2.44. The second-order valence-electron chi connectivity index (χ2n) is 14.2. The fourth-order valence-corrected chi connectivity index (χ4v) is 6.43. The summed E-state index contributed by atoms with van der Waals surface area (Å²) in [4.78, 5) is 22.1. The lowest BCUT2D eigenvalue weighted by atomic mass is 9.63. The van der Waals surface area contributed by atoms with Crippen molar-refractivity contribution in [3.05, 3.63) is 47.3 Å². The highest BCUT2D eigenvalue weighted by atomic mass is 16.4. The average molecular weight is 550 g/mol. The molecule has 0 bridgehead atoms. The van der Waals surface area contributed by atoms with Crippen LogP contribution in [0.25, 0.3) is 11.1 Å². The molecule has 1 aliphatic carbocycles. The van der Waals surface area contributed by atoms with E-state index < -0.39 is 11.6 Å². The van der Waals surface area contributed by atoms with Gasteiger partial charge in [0.15, 0.2) is 0 Å². The van der Waals surface area contributed by atoms with Gasteiger partial charge < -0.3 is 15.1 Å². The number of aliphatic hydroxyl groups is 1. The predicted molar refractivity (Wildman–Crippen MR) is 164 cm³/mol. The topological polar surface area (TPSA) is 76.9 Å². The first-order valence-electron chi connectivity index (χ1n) is 15.2. The fraction of sp³-hybridized carbons (Fsp3) is 0.647. The lowest BCUT2D eigenvalue weighted by Gasteiger charge is -2.48. The lowest BCUT2D eigenvalue weighted by molar-refractivity contribution is -0.136. The van der Waals surface area contributed by atoms with Crippen molar-refractivity contribution in [2.24, 2.45) is 10.8 Å². The first-order valence-corrected chi connectivity index (χ1v) is 15.2. The minimum absolute atomic E-state index is 0.0143. The highest BCUT2D eigenvalue weighted by Crippen LogP contribution is 2.49. The van der Waals surface area contributed by atoms with Gasteiger partial charge in [-0.2, -0.15) is 0 Å². The molecular weight excluding hydrogens is 498 g/mol. The van der Waals surface area contributed by atoms with E-state index in [4.69, 9.17) is 10.1 Å². The number of aromatic nitrogens is 1. The minimum Gasteiger partial charge on any atom is -0.481 e. The summed E-state index contributed by atoms with van der Waals surface area (Å²) in [6.07, 6.45) is 9.06. The van der Waals surface area contributed by atoms with Crippen molar-refractivity contribution in [2.75, 3.05) is 31.1 Å². The summed E-state index contributed by atoms with van der Waals surface area (Å²) < 4.78 is 0. The summed E-state index contributed by atoms with van der Waals surface area (Å²) in [7, 11) is 0. The molecule has 0 amide bonds. The number of nitrogens with zero attached hydrogens (tertiary/aromatic N) is 3. The van der Waals surface area contributed by atoms with Gasteiger partial charge in [0.05, 0.1) is 23.4 Å². The van der Waals surface area contributed by atoms with Gasteiger partial charge in [-0.15, -0.1) is 0 Å². The van der Waals surface area contributed by atoms with Crippen LogP contribution in [0, 0.1) is 17.8 Å². The molecule has 3 fully saturated rings. The van der Waals surface area contributed by atoms with Crippen molar-refractivity contribution in [2.45, 2.75) is 105 Å². The van der Waals surface area contributed by atoms with E-state index in [-0.39, 0.29) is 6.42 Å². The van der Waals surface area contributed by atoms with Crippen LogP contribution in [0.2, 0.25) is 0 Å². The summed E-state index contributed by atoms with van der Waals surface area (Å²) in [5.74, 6) is -0.790. The third-order valence-electron chi connectivity index (χ3n) is 9.08. The molecule has 6 heteroatoms. The van der Waals surface area contributed by atoms with Crippen LogP contribution in [0.1, 0.15) is 96.5 Å². The van der Waals surface area contributed by atoms with Gasteiger partial charge in [0.1, 0.15) is 0 Å². The summed E-state index contributed by atoms with van der Waals surface area (Å²) in [5.41, 5.74) is 6.72. The van der Waals surface area contributed by atoms with E-state index in [0.29, 0.717) is 10.8 Å². The third kappa shape index (κ3) is 7.85. The predicted octanol–water partition coefficient (Wildman–Crippen LogP) is 6.85. The number of piperidine rings is 2. The highest BCUT2D eigenvalue weighted by Gasteiger charge is 2.40. The van der Waals surface area contributed by atoms with Crippen molar-refractivity contribution in [3.63, 3.8) is 0 Å². The van der Waals surface area contributed by atoms with Gasteiger partial charge in [0.2, 0.25) is 0 Å². The van der Waals surface area contributed by atoms with E-state index in [9.17, 15) is 9.90 Å². The zero-order valence-electron chi connectivity index (χ0n) is 25.7. The van der Waals surface area contributed by atoms with Crippen LogP contribution >= 0.6 is 0 Å². The van der Waals surface area contributed by atoms with Crippen LogP contribution in [-0.2, 0) is 17.8 Å². The molecule has 1 aromatic heterocycles. The first-order chi connectivity index (χ1) is 18.8. The molecule has 3 heterocycles.